The summed E-state index contributed by atoms with van der Waals surface area (Å²) in [7, 11) is 1.46. The third-order valence-electron chi connectivity index (χ3n) is 4.78. The molecule has 1 heterocycles. The summed E-state index contributed by atoms with van der Waals surface area (Å²) in [5.41, 5.74) is 3.37. The van der Waals surface area contributed by atoms with Crippen LogP contribution in [0.1, 0.15) is 15.9 Å². The van der Waals surface area contributed by atoms with E-state index in [2.05, 4.69) is 15.5 Å². The number of carbonyl (C=O) groups excluding carboxylic acids is 2. The van der Waals surface area contributed by atoms with Gasteiger partial charge in [-0.1, -0.05) is 30.3 Å². The summed E-state index contributed by atoms with van der Waals surface area (Å²) in [6.45, 7) is -0.178. The number of hydrogen-bond donors (Lipinski definition) is 1. The number of fused-ring (bicyclic) bond motifs is 1. The van der Waals surface area contributed by atoms with Gasteiger partial charge in [0.05, 0.1) is 18.9 Å². The average Bonchev–Trinajstić information content (AvgIpc) is 2.88. The summed E-state index contributed by atoms with van der Waals surface area (Å²) in [6.07, 6.45) is 4.44. The molecule has 0 spiro atoms. The lowest BCUT2D eigenvalue weighted by molar-refractivity contribution is -0.123. The molecule has 1 amide bonds. The number of methoxy groups -OCH3 is 1. The fourth-order valence-electron chi connectivity index (χ4n) is 3.11. The highest BCUT2D eigenvalue weighted by atomic mass is 16.6. The van der Waals surface area contributed by atoms with E-state index in [1.165, 1.54) is 19.5 Å². The number of nitrogens with zero attached hydrogens (tertiary/aromatic N) is 2. The number of aromatic nitrogens is 1. The summed E-state index contributed by atoms with van der Waals surface area (Å²) in [6, 6.07) is 21.7. The SMILES string of the molecule is COc1cc(/C=N/NC(=O)COc2ccc3ccccc3c2)ccc1OC(=O)c1cccnc1. The van der Waals surface area contributed by atoms with E-state index in [1.54, 1.807) is 36.5 Å². The van der Waals surface area contributed by atoms with E-state index < -0.39 is 11.9 Å². The van der Waals surface area contributed by atoms with Gasteiger partial charge in [-0.3, -0.25) is 9.78 Å². The van der Waals surface area contributed by atoms with Gasteiger partial charge in [-0.15, -0.1) is 0 Å². The van der Waals surface area contributed by atoms with Crippen molar-refractivity contribution in [1.29, 1.82) is 0 Å². The molecule has 4 aromatic rings. The quantitative estimate of drug-likeness (QED) is 0.187. The van der Waals surface area contributed by atoms with Crippen LogP contribution in [0.15, 0.2) is 90.3 Å². The van der Waals surface area contributed by atoms with Crippen LogP contribution in [-0.2, 0) is 4.79 Å². The van der Waals surface area contributed by atoms with E-state index in [0.29, 0.717) is 22.6 Å². The third kappa shape index (κ3) is 5.74. The Labute approximate surface area is 195 Å². The minimum absolute atomic E-state index is 0.178. The van der Waals surface area contributed by atoms with Crippen LogP contribution in [0, 0.1) is 0 Å². The molecule has 1 N–H and O–H groups in total. The first-order chi connectivity index (χ1) is 16.6. The molecule has 0 bridgehead atoms. The second-order valence-corrected chi connectivity index (χ2v) is 7.13. The first kappa shape index (κ1) is 22.5. The van der Waals surface area contributed by atoms with Crippen molar-refractivity contribution in [3.8, 4) is 17.2 Å². The third-order valence-corrected chi connectivity index (χ3v) is 4.78. The van der Waals surface area contributed by atoms with E-state index in [4.69, 9.17) is 14.2 Å². The number of amides is 1. The summed E-state index contributed by atoms with van der Waals surface area (Å²) in [4.78, 5) is 28.2. The fraction of sp³-hybridized carbons (Fsp3) is 0.0769. The van der Waals surface area contributed by atoms with Crippen molar-refractivity contribution in [2.75, 3.05) is 13.7 Å². The standard InChI is InChI=1S/C26H21N3O5/c1-32-24-13-18(8-11-23(24)34-26(31)21-7-4-12-27-16-21)15-28-29-25(30)17-33-22-10-9-19-5-2-3-6-20(19)14-22/h2-16H,17H2,1H3,(H,29,30)/b28-15+. The smallest absolute Gasteiger partial charge is 0.345 e. The number of pyridine rings is 1. The lowest BCUT2D eigenvalue weighted by atomic mass is 10.1. The minimum atomic E-state index is -0.550. The molecule has 0 saturated carbocycles. The molecule has 0 aliphatic rings. The van der Waals surface area contributed by atoms with Gasteiger partial charge in [0.25, 0.3) is 5.91 Å². The van der Waals surface area contributed by atoms with Crippen molar-refractivity contribution in [2.24, 2.45) is 5.10 Å². The van der Waals surface area contributed by atoms with Crippen LogP contribution in [0.25, 0.3) is 10.8 Å². The largest absolute Gasteiger partial charge is 0.493 e. The number of carbonyl (C=O) groups is 2. The first-order valence-corrected chi connectivity index (χ1v) is 10.4. The Kier molecular flexibility index (Phi) is 7.09. The topological polar surface area (TPSA) is 99.1 Å². The Morgan fingerprint density at radius 1 is 0.971 bits per heavy atom. The number of esters is 1. The van der Waals surface area contributed by atoms with Gasteiger partial charge in [0.15, 0.2) is 18.1 Å². The van der Waals surface area contributed by atoms with Crippen LogP contribution in [-0.4, -0.2) is 36.8 Å². The van der Waals surface area contributed by atoms with Crippen LogP contribution in [0.2, 0.25) is 0 Å². The summed E-state index contributed by atoms with van der Waals surface area (Å²) in [5.74, 6) is 0.234. The van der Waals surface area contributed by atoms with Crippen molar-refractivity contribution in [1.82, 2.24) is 10.4 Å². The van der Waals surface area contributed by atoms with Gasteiger partial charge in [-0.2, -0.15) is 5.10 Å². The number of rotatable bonds is 8. The fourth-order valence-corrected chi connectivity index (χ4v) is 3.11. The van der Waals surface area contributed by atoms with Crippen LogP contribution in [0.3, 0.4) is 0 Å². The number of nitrogens with one attached hydrogen (secondary N) is 1. The predicted molar refractivity (Wildman–Crippen MR) is 127 cm³/mol. The van der Waals surface area contributed by atoms with Crippen molar-refractivity contribution in [3.05, 3.63) is 96.3 Å². The molecule has 1 aromatic heterocycles. The van der Waals surface area contributed by atoms with Crippen molar-refractivity contribution < 1.29 is 23.8 Å². The highest BCUT2D eigenvalue weighted by molar-refractivity contribution is 5.91. The van der Waals surface area contributed by atoms with Gasteiger partial charge in [0.2, 0.25) is 0 Å². The Hall–Kier alpha value is -4.72. The van der Waals surface area contributed by atoms with E-state index in [1.807, 2.05) is 42.5 Å². The summed E-state index contributed by atoms with van der Waals surface area (Å²) < 4.78 is 16.2. The van der Waals surface area contributed by atoms with Gasteiger partial charge in [-0.25, -0.2) is 10.2 Å². The van der Waals surface area contributed by atoms with Crippen LogP contribution >= 0.6 is 0 Å². The Bertz CT molecular complexity index is 1340. The molecule has 0 aliphatic heterocycles. The summed E-state index contributed by atoms with van der Waals surface area (Å²) >= 11 is 0. The molecule has 0 aliphatic carbocycles. The van der Waals surface area contributed by atoms with Crippen molar-refractivity contribution in [3.63, 3.8) is 0 Å². The molecule has 8 nitrogen and oxygen atoms in total. The monoisotopic (exact) mass is 455 g/mol. The van der Waals surface area contributed by atoms with Crippen molar-refractivity contribution in [2.45, 2.75) is 0 Å². The lowest BCUT2D eigenvalue weighted by Crippen LogP contribution is -2.24. The van der Waals surface area contributed by atoms with Gasteiger partial charge in [0, 0.05) is 12.4 Å². The minimum Gasteiger partial charge on any atom is -0.493 e. The molecule has 8 heteroatoms. The number of ether oxygens (including phenoxy) is 3. The summed E-state index contributed by atoms with van der Waals surface area (Å²) in [5, 5.41) is 6.07. The molecule has 0 atom stereocenters. The Morgan fingerprint density at radius 2 is 1.82 bits per heavy atom. The van der Waals surface area contributed by atoms with Gasteiger partial charge in [-0.05, 0) is 58.8 Å². The number of hydrazone groups is 1. The maximum absolute atomic E-state index is 12.2. The van der Waals surface area contributed by atoms with Crippen LogP contribution in [0.4, 0.5) is 0 Å². The molecule has 0 fully saturated rings. The molecule has 0 unspecified atom stereocenters. The Morgan fingerprint density at radius 3 is 2.62 bits per heavy atom. The van der Waals surface area contributed by atoms with Gasteiger partial charge >= 0.3 is 5.97 Å². The molecule has 4 rings (SSSR count). The van der Waals surface area contributed by atoms with Gasteiger partial charge in [0.1, 0.15) is 5.75 Å². The van der Waals surface area contributed by atoms with Crippen molar-refractivity contribution >= 4 is 28.9 Å². The molecule has 0 saturated heterocycles. The van der Waals surface area contributed by atoms with E-state index >= 15 is 0 Å². The average molecular weight is 455 g/mol. The van der Waals surface area contributed by atoms with E-state index in [-0.39, 0.29) is 12.4 Å². The van der Waals surface area contributed by atoms with Gasteiger partial charge < -0.3 is 14.2 Å². The van der Waals surface area contributed by atoms with Crippen LogP contribution in [0.5, 0.6) is 17.2 Å². The maximum atomic E-state index is 12.2. The number of hydrogen-bond acceptors (Lipinski definition) is 7. The molecule has 34 heavy (non-hydrogen) atoms. The van der Waals surface area contributed by atoms with E-state index in [0.717, 1.165) is 10.8 Å². The van der Waals surface area contributed by atoms with Crippen LogP contribution < -0.4 is 19.6 Å². The molecule has 170 valence electrons. The second kappa shape index (κ2) is 10.7. The highest BCUT2D eigenvalue weighted by Gasteiger charge is 2.13. The first-order valence-electron chi connectivity index (χ1n) is 10.4. The molecular weight excluding hydrogens is 434 g/mol. The normalized spacial score (nSPS) is 10.7. The molecule has 0 radical (unpaired) electrons. The lowest BCUT2D eigenvalue weighted by Gasteiger charge is -2.09. The second-order valence-electron chi connectivity index (χ2n) is 7.13. The zero-order valence-electron chi connectivity index (χ0n) is 18.3. The maximum Gasteiger partial charge on any atom is 0.345 e. The zero-order valence-corrected chi connectivity index (χ0v) is 18.3. The predicted octanol–water partition coefficient (Wildman–Crippen LogP) is 3.99. The van der Waals surface area contributed by atoms with E-state index in [9.17, 15) is 9.59 Å². The Balaban J connectivity index is 1.31. The highest BCUT2D eigenvalue weighted by Crippen LogP contribution is 2.28. The molecule has 3 aromatic carbocycles. The molecular formula is C26H21N3O5. The zero-order chi connectivity index (χ0) is 23.8. The number of benzene rings is 3.